The first kappa shape index (κ1) is 84.8. The number of nitrogens with zero attached hydrogens (tertiary/aromatic N) is 15. The monoisotopic (exact) mass is 1550 g/mol. The Kier molecular flexibility index (Phi) is 30.1. The van der Waals surface area contributed by atoms with Crippen LogP contribution < -0.4 is 36.5 Å². The molecule has 8 heterocycles. The Morgan fingerprint density at radius 2 is 0.739 bits per heavy atom. The highest BCUT2D eigenvalue weighted by Crippen LogP contribution is 2.34. The quantitative estimate of drug-likeness (QED) is 0.121. The summed E-state index contributed by atoms with van der Waals surface area (Å²) in [5.74, 6) is 3.81. The second kappa shape index (κ2) is 40.7. The summed E-state index contributed by atoms with van der Waals surface area (Å²) in [6.45, 7) is 26.6. The van der Waals surface area contributed by atoms with Crippen LogP contribution in [0.1, 0.15) is 124 Å². The molecule has 0 aliphatic rings. The zero-order valence-corrected chi connectivity index (χ0v) is 71.8. The highest BCUT2D eigenvalue weighted by Gasteiger charge is 2.26. The number of para-hydroxylation sites is 9. The standard InChI is InChI=1S/C20H22N3.C20H25N2.C16H23N2.C14H13N2.2C10H11N2.C4H6NO.C4H6NS/c1-13-8-6-9-14(2)17(13)19-21-12-23(5)20(22-19)18-15(3)10-7-11-16(18)4;1-14(2)16-9-8-10-17(15(3)4)20(16)22-13-21(5)18-11-6-7-12-19(18)22;1-12(2)14-7-6-8-15(13(3)4)16(14)18-10-9-17(5)11-18;1-15-11-16(12-7-3-2-4-8-12)14-10-6-5-9-13(14)15;2*1-11-7-8-12(9-11)10-5-3-2-4-6-10;2*1-5-2-3-6-4-5/h6-12H,1-5H3;6-15H,1-5H3;6-13H,1-5H3;2-11H,1H3;2*2-9H,1H3;2*2-4H,1H3/q8*+1. The number of hydrogen-bond donors (Lipinski definition) is 0. The Morgan fingerprint density at radius 3 is 1.11 bits per heavy atom. The van der Waals surface area contributed by atoms with Crippen LogP contribution in [0, 0.1) is 27.7 Å². The maximum absolute atomic E-state index is 4.91. The highest BCUT2D eigenvalue weighted by molar-refractivity contribution is 7.07. The molecule has 0 aliphatic carbocycles. The largest absolute Gasteiger partial charge is 0.412 e. The molecule has 0 bridgehead atoms. The van der Waals surface area contributed by atoms with Crippen LogP contribution >= 0.6 is 11.3 Å². The van der Waals surface area contributed by atoms with Crippen molar-refractivity contribution in [2.24, 2.45) is 56.4 Å². The van der Waals surface area contributed by atoms with Gasteiger partial charge in [-0.05, 0) is 134 Å². The Hall–Kier alpha value is -12.6. The first-order valence-electron chi connectivity index (χ1n) is 39.4. The second-order valence-corrected chi connectivity index (χ2v) is 31.1. The van der Waals surface area contributed by atoms with Crippen molar-refractivity contribution in [3.8, 4) is 51.2 Å². The van der Waals surface area contributed by atoms with Crippen molar-refractivity contribution >= 4 is 33.4 Å². The van der Waals surface area contributed by atoms with Crippen LogP contribution in [0.4, 0.5) is 0 Å². The van der Waals surface area contributed by atoms with Crippen molar-refractivity contribution in [3.05, 3.63) is 368 Å². The van der Waals surface area contributed by atoms with Gasteiger partial charge in [0.1, 0.15) is 79.7 Å². The van der Waals surface area contributed by atoms with E-state index in [0.717, 1.165) is 17.2 Å². The number of imidazole rings is 5. The molecule has 9 aromatic carbocycles. The second-order valence-electron chi connectivity index (χ2n) is 30.4. The van der Waals surface area contributed by atoms with Gasteiger partial charge in [-0.15, -0.1) is 0 Å². The summed E-state index contributed by atoms with van der Waals surface area (Å²) in [4.78, 5) is 9.48. The van der Waals surface area contributed by atoms with Gasteiger partial charge in [-0.2, -0.15) is 18.3 Å². The van der Waals surface area contributed by atoms with Crippen LogP contribution in [0.3, 0.4) is 0 Å². The van der Waals surface area contributed by atoms with E-state index in [-0.39, 0.29) is 0 Å². The van der Waals surface area contributed by atoms with Gasteiger partial charge < -0.3 is 4.42 Å². The normalized spacial score (nSPS) is 10.7. The smallest absolute Gasteiger partial charge is 0.334 e. The number of benzene rings is 9. The number of aryl methyl sites for hydroxylation is 12. The minimum Gasteiger partial charge on any atom is -0.412 e. The lowest BCUT2D eigenvalue weighted by Gasteiger charge is -2.16. The molecular formula is C98H117N15OS+8. The lowest BCUT2D eigenvalue weighted by Crippen LogP contribution is -2.33. The first-order valence-corrected chi connectivity index (χ1v) is 40.4. The molecule has 8 aromatic heterocycles. The maximum Gasteiger partial charge on any atom is 0.334 e. The van der Waals surface area contributed by atoms with Gasteiger partial charge in [-0.25, -0.2) is 41.1 Å². The lowest BCUT2D eigenvalue weighted by molar-refractivity contribution is -0.674. The van der Waals surface area contributed by atoms with Gasteiger partial charge in [0.15, 0.2) is 34.5 Å². The molecular weight excluding hydrogens is 1440 g/mol. The van der Waals surface area contributed by atoms with Crippen LogP contribution in [0.15, 0.2) is 328 Å². The Balaban J connectivity index is 0.000000143. The summed E-state index contributed by atoms with van der Waals surface area (Å²) in [6, 6.07) is 73.9. The number of fused-ring (bicyclic) bond motifs is 2. The van der Waals surface area contributed by atoms with Crippen LogP contribution in [-0.4, -0.2) is 32.8 Å². The fraction of sp³-hybridized carbons (Fsp3) is 0.245. The minimum atomic E-state index is 0.500. The Morgan fingerprint density at radius 1 is 0.348 bits per heavy atom. The van der Waals surface area contributed by atoms with Gasteiger partial charge >= 0.3 is 12.2 Å². The van der Waals surface area contributed by atoms with Crippen molar-refractivity contribution in [2.75, 3.05) is 0 Å². The van der Waals surface area contributed by atoms with E-state index in [9.17, 15) is 0 Å². The maximum atomic E-state index is 4.91. The van der Waals surface area contributed by atoms with E-state index in [1.54, 1.807) is 24.0 Å². The van der Waals surface area contributed by atoms with E-state index >= 15 is 0 Å². The molecule has 17 heteroatoms. The number of thiazole rings is 1. The van der Waals surface area contributed by atoms with Crippen molar-refractivity contribution in [1.82, 2.24) is 32.8 Å². The predicted molar refractivity (Wildman–Crippen MR) is 465 cm³/mol. The van der Waals surface area contributed by atoms with Gasteiger partial charge in [0.05, 0.1) is 58.8 Å². The summed E-state index contributed by atoms with van der Waals surface area (Å²) in [5.41, 5.74) is 26.1. The summed E-state index contributed by atoms with van der Waals surface area (Å²) >= 11 is 1.70. The average molecular weight is 1550 g/mol. The van der Waals surface area contributed by atoms with Crippen molar-refractivity contribution in [2.45, 2.75) is 107 Å². The molecule has 0 N–H and O–H groups in total. The average Bonchev–Trinajstić information content (AvgIpc) is 1.65. The molecule has 0 atom stereocenters. The van der Waals surface area contributed by atoms with Crippen molar-refractivity contribution in [3.63, 3.8) is 0 Å². The van der Waals surface area contributed by atoms with E-state index in [0.29, 0.717) is 23.7 Å². The summed E-state index contributed by atoms with van der Waals surface area (Å²) in [5, 5.41) is 2.04. The van der Waals surface area contributed by atoms with E-state index in [1.165, 1.54) is 101 Å². The molecule has 17 aromatic rings. The topological polar surface area (TPSA) is 94.6 Å². The molecule has 115 heavy (non-hydrogen) atoms. The van der Waals surface area contributed by atoms with E-state index in [2.05, 4.69) is 351 Å². The fourth-order valence-electron chi connectivity index (χ4n) is 13.8. The summed E-state index contributed by atoms with van der Waals surface area (Å²) < 4.78 is 32.0. The minimum absolute atomic E-state index is 0.500. The first-order chi connectivity index (χ1) is 55.4. The van der Waals surface area contributed by atoms with Gasteiger partial charge in [-0.1, -0.05) is 228 Å². The number of aromatic nitrogens is 15. The summed E-state index contributed by atoms with van der Waals surface area (Å²) in [7, 11) is 16.2. The third-order valence-corrected chi connectivity index (χ3v) is 20.5. The molecule has 0 unspecified atom stereocenters. The Bertz CT molecular complexity index is 5640. The number of oxazole rings is 1. The van der Waals surface area contributed by atoms with Gasteiger partial charge in [0.25, 0.3) is 5.82 Å². The molecule has 0 radical (unpaired) electrons. The van der Waals surface area contributed by atoms with Gasteiger partial charge in [-0.3, -0.25) is 0 Å². The molecule has 16 nitrogen and oxygen atoms in total. The predicted octanol–water partition coefficient (Wildman–Crippen LogP) is 17.9. The third-order valence-electron chi connectivity index (χ3n) is 19.8. The van der Waals surface area contributed by atoms with E-state index < -0.39 is 0 Å². The molecule has 0 fully saturated rings. The summed E-state index contributed by atoms with van der Waals surface area (Å²) in [6.07, 6.45) is 31.8. The van der Waals surface area contributed by atoms with Crippen molar-refractivity contribution in [1.29, 1.82) is 0 Å². The van der Waals surface area contributed by atoms with Crippen LogP contribution in [-0.2, 0) is 56.4 Å². The van der Waals surface area contributed by atoms with Crippen molar-refractivity contribution < 1.29 is 41.0 Å². The SMILES string of the molecule is CC(C)c1cccc(C(C)C)c1-n1c[n+](C)c2ccccc21.CC(C)c1cccc(C(C)C)c1-n1cc[n+](C)c1.C[n+]1ccn(-c2ccccc2)c1.C[n+]1ccn(-c2ccccc2)c1.C[n+]1ccoc1.C[n+]1ccsc1.C[n+]1cn(-c2ccccc2)c2ccccc21.Cc1cccc(C)c1-c1nc[n+](C)c(-c2c(C)cccc2C)n1. The third kappa shape index (κ3) is 22.4. The van der Waals surface area contributed by atoms with E-state index in [1.807, 2.05) is 168 Å². The molecule has 588 valence electrons. The van der Waals surface area contributed by atoms with Crippen LogP contribution in [0.5, 0.6) is 0 Å². The number of rotatable bonds is 11. The molecule has 0 saturated carbocycles. The zero-order chi connectivity index (χ0) is 82.2. The molecule has 17 rings (SSSR count). The fourth-order valence-corrected chi connectivity index (χ4v) is 14.4. The van der Waals surface area contributed by atoms with E-state index in [4.69, 9.17) is 4.98 Å². The Labute approximate surface area is 685 Å². The highest BCUT2D eigenvalue weighted by atomic mass is 32.1. The molecule has 0 amide bonds. The molecule has 0 saturated heterocycles. The van der Waals surface area contributed by atoms with Crippen LogP contribution in [0.2, 0.25) is 0 Å². The van der Waals surface area contributed by atoms with Crippen LogP contribution in [0.25, 0.3) is 73.3 Å². The zero-order valence-electron chi connectivity index (χ0n) is 70.9. The number of hydrogen-bond acceptors (Lipinski definition) is 4. The van der Waals surface area contributed by atoms with Gasteiger partial charge in [0.2, 0.25) is 49.7 Å². The molecule has 0 aliphatic heterocycles. The van der Waals surface area contributed by atoms with Gasteiger partial charge in [0, 0.05) is 22.3 Å². The lowest BCUT2D eigenvalue weighted by atomic mass is 9.92. The molecule has 0 spiro atoms.